The van der Waals surface area contributed by atoms with Gasteiger partial charge in [-0.2, -0.15) is 0 Å². The number of carbonyl (C=O) groups is 1. The molecule has 5 nitrogen and oxygen atoms in total. The normalized spacial score (nSPS) is 19.4. The van der Waals surface area contributed by atoms with Gasteiger partial charge in [0, 0.05) is 30.7 Å². The molecule has 2 aromatic rings. The van der Waals surface area contributed by atoms with Gasteiger partial charge in [0.1, 0.15) is 5.76 Å². The van der Waals surface area contributed by atoms with E-state index in [1.807, 2.05) is 19.9 Å². The number of hydrogen-bond acceptors (Lipinski definition) is 4. The predicted octanol–water partition coefficient (Wildman–Crippen LogP) is 2.79. The number of nitrogens with one attached hydrogen (secondary N) is 1. The fraction of sp³-hybridized carbons (Fsp3) is 0.474. The van der Waals surface area contributed by atoms with Gasteiger partial charge in [-0.1, -0.05) is 35.5 Å². The number of hydrogen-bond donors (Lipinski definition) is 1. The SMILES string of the molecule is Cc1noc(C)c1CC(=O)N[C@H]1CCN([C@H](C)c2ccccc2)C1. The van der Waals surface area contributed by atoms with Crippen molar-refractivity contribution in [3.05, 3.63) is 52.9 Å². The standard InChI is InChI=1S/C19H25N3O2/c1-13-18(15(3)24-21-13)11-19(23)20-17-9-10-22(12-17)14(2)16-7-5-4-6-8-16/h4-8,14,17H,9-12H2,1-3H3,(H,20,23)/t14-,17+/m1/s1. The van der Waals surface area contributed by atoms with Crippen LogP contribution in [0.4, 0.5) is 0 Å². The van der Waals surface area contributed by atoms with Crippen molar-refractivity contribution < 1.29 is 9.32 Å². The van der Waals surface area contributed by atoms with E-state index in [9.17, 15) is 4.79 Å². The van der Waals surface area contributed by atoms with Gasteiger partial charge < -0.3 is 9.84 Å². The highest BCUT2D eigenvalue weighted by Gasteiger charge is 2.28. The Hall–Kier alpha value is -2.14. The Balaban J connectivity index is 1.53. The highest BCUT2D eigenvalue weighted by molar-refractivity contribution is 5.79. The summed E-state index contributed by atoms with van der Waals surface area (Å²) in [6.45, 7) is 7.85. The first-order valence-electron chi connectivity index (χ1n) is 8.54. The van der Waals surface area contributed by atoms with Crippen LogP contribution < -0.4 is 5.32 Å². The molecule has 1 aromatic carbocycles. The molecule has 1 aliphatic rings. The second kappa shape index (κ2) is 7.18. The summed E-state index contributed by atoms with van der Waals surface area (Å²) in [5.74, 6) is 0.775. The maximum atomic E-state index is 12.3. The zero-order chi connectivity index (χ0) is 17.1. The molecule has 0 spiro atoms. The molecular formula is C19H25N3O2. The Bertz CT molecular complexity index is 676. The van der Waals surface area contributed by atoms with Crippen molar-refractivity contribution in [3.8, 4) is 0 Å². The molecule has 3 rings (SSSR count). The summed E-state index contributed by atoms with van der Waals surface area (Å²) in [4.78, 5) is 14.7. The van der Waals surface area contributed by atoms with E-state index >= 15 is 0 Å². The zero-order valence-corrected chi connectivity index (χ0v) is 14.6. The molecular weight excluding hydrogens is 302 g/mol. The van der Waals surface area contributed by atoms with Crippen molar-refractivity contribution in [2.75, 3.05) is 13.1 Å². The average molecular weight is 327 g/mol. The highest BCUT2D eigenvalue weighted by Crippen LogP contribution is 2.24. The van der Waals surface area contributed by atoms with E-state index in [0.717, 1.165) is 36.5 Å². The minimum Gasteiger partial charge on any atom is -0.361 e. The van der Waals surface area contributed by atoms with Crippen LogP contribution in [-0.2, 0) is 11.2 Å². The summed E-state index contributed by atoms with van der Waals surface area (Å²) in [6.07, 6.45) is 1.33. The maximum absolute atomic E-state index is 12.3. The van der Waals surface area contributed by atoms with Crippen molar-refractivity contribution >= 4 is 5.91 Å². The van der Waals surface area contributed by atoms with Crippen molar-refractivity contribution in [2.24, 2.45) is 0 Å². The topological polar surface area (TPSA) is 58.4 Å². The minimum absolute atomic E-state index is 0.0450. The third-order valence-electron chi connectivity index (χ3n) is 4.93. The van der Waals surface area contributed by atoms with Gasteiger partial charge in [0.15, 0.2) is 0 Å². The van der Waals surface area contributed by atoms with Crippen molar-refractivity contribution in [2.45, 2.75) is 45.7 Å². The lowest BCUT2D eigenvalue weighted by atomic mass is 10.1. The van der Waals surface area contributed by atoms with Gasteiger partial charge in [0.2, 0.25) is 5.91 Å². The molecule has 0 bridgehead atoms. The summed E-state index contributed by atoms with van der Waals surface area (Å²) >= 11 is 0. The number of rotatable bonds is 5. The Morgan fingerprint density at radius 1 is 1.38 bits per heavy atom. The molecule has 1 saturated heterocycles. The first-order chi connectivity index (χ1) is 11.5. The molecule has 0 radical (unpaired) electrons. The molecule has 0 unspecified atom stereocenters. The summed E-state index contributed by atoms with van der Waals surface area (Å²) in [7, 11) is 0. The van der Waals surface area contributed by atoms with Crippen LogP contribution in [0.5, 0.6) is 0 Å². The maximum Gasteiger partial charge on any atom is 0.224 e. The molecule has 1 fully saturated rings. The molecule has 2 atom stereocenters. The van der Waals surface area contributed by atoms with Gasteiger partial charge in [0.25, 0.3) is 0 Å². The van der Waals surface area contributed by atoms with E-state index in [0.29, 0.717) is 12.5 Å². The molecule has 128 valence electrons. The molecule has 1 N–H and O–H groups in total. The van der Waals surface area contributed by atoms with E-state index in [1.54, 1.807) is 0 Å². The molecule has 1 aromatic heterocycles. The number of carbonyl (C=O) groups excluding carboxylic acids is 1. The summed E-state index contributed by atoms with van der Waals surface area (Å²) < 4.78 is 5.13. The van der Waals surface area contributed by atoms with Gasteiger partial charge in [-0.05, 0) is 32.8 Å². The fourth-order valence-electron chi connectivity index (χ4n) is 3.39. The van der Waals surface area contributed by atoms with Crippen LogP contribution in [0.1, 0.15) is 42.0 Å². The van der Waals surface area contributed by atoms with E-state index in [1.165, 1.54) is 5.56 Å². The Labute approximate surface area is 143 Å². The number of benzene rings is 1. The number of aryl methyl sites for hydroxylation is 2. The minimum atomic E-state index is 0.0450. The van der Waals surface area contributed by atoms with Crippen LogP contribution in [-0.4, -0.2) is 35.1 Å². The van der Waals surface area contributed by atoms with Crippen LogP contribution in [0, 0.1) is 13.8 Å². The quantitative estimate of drug-likeness (QED) is 0.917. The van der Waals surface area contributed by atoms with E-state index in [-0.39, 0.29) is 11.9 Å². The van der Waals surface area contributed by atoms with Crippen molar-refractivity contribution in [1.29, 1.82) is 0 Å². The largest absolute Gasteiger partial charge is 0.361 e. The van der Waals surface area contributed by atoms with Gasteiger partial charge in [0.05, 0.1) is 12.1 Å². The second-order valence-electron chi connectivity index (χ2n) is 6.61. The van der Waals surface area contributed by atoms with E-state index in [2.05, 4.69) is 46.6 Å². The molecule has 0 aliphatic carbocycles. The van der Waals surface area contributed by atoms with Crippen molar-refractivity contribution in [1.82, 2.24) is 15.4 Å². The van der Waals surface area contributed by atoms with Crippen LogP contribution >= 0.6 is 0 Å². The lowest BCUT2D eigenvalue weighted by molar-refractivity contribution is -0.121. The third-order valence-corrected chi connectivity index (χ3v) is 4.93. The molecule has 5 heteroatoms. The third kappa shape index (κ3) is 3.67. The number of likely N-dealkylation sites (tertiary alicyclic amines) is 1. The molecule has 1 amide bonds. The summed E-state index contributed by atoms with van der Waals surface area (Å²) in [5, 5.41) is 7.06. The molecule has 2 heterocycles. The van der Waals surface area contributed by atoms with Gasteiger partial charge >= 0.3 is 0 Å². The average Bonchev–Trinajstić information content (AvgIpc) is 3.17. The van der Waals surface area contributed by atoms with Crippen molar-refractivity contribution in [3.63, 3.8) is 0 Å². The molecule has 0 saturated carbocycles. The molecule has 1 aliphatic heterocycles. The summed E-state index contributed by atoms with van der Waals surface area (Å²) in [5.41, 5.74) is 3.02. The Kier molecular flexibility index (Phi) is 5.00. The number of nitrogens with zero attached hydrogens (tertiary/aromatic N) is 2. The molecule has 24 heavy (non-hydrogen) atoms. The number of amides is 1. The Morgan fingerprint density at radius 2 is 2.12 bits per heavy atom. The Morgan fingerprint density at radius 3 is 2.79 bits per heavy atom. The lowest BCUT2D eigenvalue weighted by Gasteiger charge is -2.24. The highest BCUT2D eigenvalue weighted by atomic mass is 16.5. The summed E-state index contributed by atoms with van der Waals surface area (Å²) in [6, 6.07) is 11.1. The smallest absolute Gasteiger partial charge is 0.224 e. The first kappa shape index (κ1) is 16.7. The fourth-order valence-corrected chi connectivity index (χ4v) is 3.39. The van der Waals surface area contributed by atoms with Crippen LogP contribution in [0.25, 0.3) is 0 Å². The first-order valence-corrected chi connectivity index (χ1v) is 8.54. The monoisotopic (exact) mass is 327 g/mol. The van der Waals surface area contributed by atoms with Gasteiger partial charge in [-0.15, -0.1) is 0 Å². The van der Waals surface area contributed by atoms with Gasteiger partial charge in [-0.25, -0.2) is 0 Å². The zero-order valence-electron chi connectivity index (χ0n) is 14.6. The number of aromatic nitrogens is 1. The second-order valence-corrected chi connectivity index (χ2v) is 6.61. The van der Waals surface area contributed by atoms with Gasteiger partial charge in [-0.3, -0.25) is 9.69 Å². The van der Waals surface area contributed by atoms with E-state index in [4.69, 9.17) is 4.52 Å². The lowest BCUT2D eigenvalue weighted by Crippen LogP contribution is -2.38. The predicted molar refractivity (Wildman–Crippen MR) is 92.7 cm³/mol. The van der Waals surface area contributed by atoms with Crippen LogP contribution in [0.2, 0.25) is 0 Å². The van der Waals surface area contributed by atoms with Crippen LogP contribution in [0.15, 0.2) is 34.9 Å². The van der Waals surface area contributed by atoms with Crippen LogP contribution in [0.3, 0.4) is 0 Å². The van der Waals surface area contributed by atoms with E-state index < -0.39 is 0 Å².